The number of ether oxygens (including phenoxy) is 1. The van der Waals surface area contributed by atoms with E-state index in [1.165, 1.54) is 5.56 Å². The number of aromatic nitrogens is 1. The predicted octanol–water partition coefficient (Wildman–Crippen LogP) is 5.64. The number of hydrogen-bond donors (Lipinski definition) is 1. The Balaban J connectivity index is 1.78. The molecule has 0 aliphatic rings. The Kier molecular flexibility index (Phi) is 5.16. The van der Waals surface area contributed by atoms with Crippen LogP contribution >= 0.6 is 0 Å². The lowest BCUT2D eigenvalue weighted by atomic mass is 9.87. The molecule has 1 N–H and O–H groups in total. The van der Waals surface area contributed by atoms with E-state index in [2.05, 4.69) is 31.1 Å². The van der Waals surface area contributed by atoms with E-state index in [1.807, 2.05) is 61.5 Å². The maximum absolute atomic E-state index is 12.9. The number of nitrogens with zero attached hydrogens (tertiary/aromatic N) is 1. The number of amides is 1. The van der Waals surface area contributed by atoms with Crippen LogP contribution < -0.4 is 10.1 Å². The summed E-state index contributed by atoms with van der Waals surface area (Å²) >= 11 is 0. The molecule has 0 saturated carbocycles. The highest BCUT2D eigenvalue weighted by Crippen LogP contribution is 2.27. The summed E-state index contributed by atoms with van der Waals surface area (Å²) in [4.78, 5) is 17.4. The molecular weight excluding hydrogens is 348 g/mol. The van der Waals surface area contributed by atoms with Gasteiger partial charge in [-0.05, 0) is 68.1 Å². The van der Waals surface area contributed by atoms with Gasteiger partial charge in [0.15, 0.2) is 5.60 Å². The highest BCUT2D eigenvalue weighted by molar-refractivity contribution is 6.04. The van der Waals surface area contributed by atoms with Crippen molar-refractivity contribution in [3.05, 3.63) is 65.9 Å². The van der Waals surface area contributed by atoms with E-state index in [0.717, 1.165) is 22.3 Å². The molecule has 0 unspecified atom stereocenters. The lowest BCUT2D eigenvalue weighted by Gasteiger charge is -2.26. The normalized spacial score (nSPS) is 12.1. The zero-order chi connectivity index (χ0) is 20.5. The largest absolute Gasteiger partial charge is 0.478 e. The van der Waals surface area contributed by atoms with Crippen molar-refractivity contribution in [1.82, 2.24) is 4.98 Å². The fourth-order valence-electron chi connectivity index (χ4n) is 3.00. The van der Waals surface area contributed by atoms with Gasteiger partial charge in [-0.1, -0.05) is 39.0 Å². The Morgan fingerprint density at radius 2 is 1.61 bits per heavy atom. The number of nitrogens with one attached hydrogen (secondary N) is 1. The Hall–Kier alpha value is -2.88. The molecule has 0 aliphatic carbocycles. The van der Waals surface area contributed by atoms with Crippen molar-refractivity contribution in [2.45, 2.75) is 52.6 Å². The zero-order valence-electron chi connectivity index (χ0n) is 17.5. The van der Waals surface area contributed by atoms with Gasteiger partial charge in [-0.3, -0.25) is 9.78 Å². The molecule has 4 nitrogen and oxygen atoms in total. The SMILES string of the molecule is Cc1ccc2c(NC(=O)C(C)(C)Oc3ccc(C(C)(C)C)cc3)cccc2n1. The zero-order valence-corrected chi connectivity index (χ0v) is 17.5. The van der Waals surface area contributed by atoms with Crippen molar-refractivity contribution in [3.8, 4) is 5.75 Å². The number of carbonyl (C=O) groups excluding carboxylic acids is 1. The minimum atomic E-state index is -1.02. The van der Waals surface area contributed by atoms with Crippen LogP contribution in [0.4, 0.5) is 5.69 Å². The first-order chi connectivity index (χ1) is 13.1. The van der Waals surface area contributed by atoms with Crippen LogP contribution in [0.2, 0.25) is 0 Å². The van der Waals surface area contributed by atoms with E-state index < -0.39 is 5.60 Å². The molecule has 1 aromatic heterocycles. The van der Waals surface area contributed by atoms with Gasteiger partial charge in [0.2, 0.25) is 0 Å². The highest BCUT2D eigenvalue weighted by atomic mass is 16.5. The molecule has 0 saturated heterocycles. The number of benzene rings is 2. The van der Waals surface area contributed by atoms with E-state index in [-0.39, 0.29) is 11.3 Å². The van der Waals surface area contributed by atoms with Crippen LogP contribution in [0.5, 0.6) is 5.75 Å². The summed E-state index contributed by atoms with van der Waals surface area (Å²) in [6, 6.07) is 17.6. The van der Waals surface area contributed by atoms with Gasteiger partial charge < -0.3 is 10.1 Å². The molecule has 0 fully saturated rings. The smallest absolute Gasteiger partial charge is 0.267 e. The number of hydrogen-bond acceptors (Lipinski definition) is 3. The van der Waals surface area contributed by atoms with Crippen molar-refractivity contribution in [2.24, 2.45) is 0 Å². The van der Waals surface area contributed by atoms with Crippen LogP contribution in [0.3, 0.4) is 0 Å². The molecule has 1 heterocycles. The Morgan fingerprint density at radius 1 is 0.929 bits per heavy atom. The maximum atomic E-state index is 12.9. The Morgan fingerprint density at radius 3 is 2.25 bits per heavy atom. The quantitative estimate of drug-likeness (QED) is 0.641. The lowest BCUT2D eigenvalue weighted by Crippen LogP contribution is -2.42. The van der Waals surface area contributed by atoms with Crippen molar-refractivity contribution in [3.63, 3.8) is 0 Å². The molecule has 2 aromatic carbocycles. The molecular formula is C24H28N2O2. The third-order valence-corrected chi connectivity index (χ3v) is 4.76. The molecule has 4 heteroatoms. The number of pyridine rings is 1. The summed E-state index contributed by atoms with van der Waals surface area (Å²) in [5.41, 5.74) is 2.80. The second-order valence-corrected chi connectivity index (χ2v) is 8.67. The van der Waals surface area contributed by atoms with Gasteiger partial charge >= 0.3 is 0 Å². The van der Waals surface area contributed by atoms with Crippen molar-refractivity contribution in [2.75, 3.05) is 5.32 Å². The van der Waals surface area contributed by atoms with Gasteiger partial charge in [-0.2, -0.15) is 0 Å². The molecule has 146 valence electrons. The van der Waals surface area contributed by atoms with Crippen molar-refractivity contribution < 1.29 is 9.53 Å². The number of rotatable bonds is 4. The topological polar surface area (TPSA) is 51.2 Å². The van der Waals surface area contributed by atoms with E-state index >= 15 is 0 Å². The third-order valence-electron chi connectivity index (χ3n) is 4.76. The van der Waals surface area contributed by atoms with Gasteiger partial charge in [0.1, 0.15) is 5.75 Å². The van der Waals surface area contributed by atoms with E-state index in [0.29, 0.717) is 5.75 Å². The Labute approximate surface area is 166 Å². The summed E-state index contributed by atoms with van der Waals surface area (Å²) in [5, 5.41) is 3.91. The average molecular weight is 377 g/mol. The fourth-order valence-corrected chi connectivity index (χ4v) is 3.00. The maximum Gasteiger partial charge on any atom is 0.267 e. The number of fused-ring (bicyclic) bond motifs is 1. The lowest BCUT2D eigenvalue weighted by molar-refractivity contribution is -0.128. The van der Waals surface area contributed by atoms with E-state index in [1.54, 1.807) is 13.8 Å². The first-order valence-electron chi connectivity index (χ1n) is 9.54. The summed E-state index contributed by atoms with van der Waals surface area (Å²) in [6.07, 6.45) is 0. The van der Waals surface area contributed by atoms with E-state index in [9.17, 15) is 4.79 Å². The predicted molar refractivity (Wildman–Crippen MR) is 115 cm³/mol. The van der Waals surface area contributed by atoms with Crippen molar-refractivity contribution >= 4 is 22.5 Å². The summed E-state index contributed by atoms with van der Waals surface area (Å²) in [7, 11) is 0. The standard InChI is InChI=1S/C24H28N2O2/c1-16-10-15-19-20(25-16)8-7-9-21(19)26-22(27)24(5,6)28-18-13-11-17(12-14-18)23(2,3)4/h7-15H,1-6H3,(H,26,27). The van der Waals surface area contributed by atoms with Gasteiger partial charge in [0.05, 0.1) is 11.2 Å². The van der Waals surface area contributed by atoms with Gasteiger partial charge in [-0.25, -0.2) is 0 Å². The molecule has 0 atom stereocenters. The monoisotopic (exact) mass is 376 g/mol. The second-order valence-electron chi connectivity index (χ2n) is 8.67. The summed E-state index contributed by atoms with van der Waals surface area (Å²) in [5.74, 6) is 0.462. The van der Waals surface area contributed by atoms with Crippen LogP contribution in [0.25, 0.3) is 10.9 Å². The minimum Gasteiger partial charge on any atom is -0.478 e. The third kappa shape index (κ3) is 4.33. The van der Waals surface area contributed by atoms with Crippen LogP contribution in [0.1, 0.15) is 45.9 Å². The molecule has 0 radical (unpaired) electrons. The minimum absolute atomic E-state index is 0.0756. The molecule has 0 bridgehead atoms. The molecule has 3 aromatic rings. The van der Waals surface area contributed by atoms with Crippen LogP contribution in [-0.2, 0) is 10.2 Å². The molecule has 0 aliphatic heterocycles. The van der Waals surface area contributed by atoms with Gasteiger partial charge in [-0.15, -0.1) is 0 Å². The first kappa shape index (κ1) is 19.9. The second kappa shape index (κ2) is 7.27. The number of anilines is 1. The average Bonchev–Trinajstić information content (AvgIpc) is 2.61. The molecule has 1 amide bonds. The fraction of sp³-hybridized carbons (Fsp3) is 0.333. The summed E-state index contributed by atoms with van der Waals surface area (Å²) in [6.45, 7) is 12.0. The van der Waals surface area contributed by atoms with Crippen LogP contribution in [-0.4, -0.2) is 16.5 Å². The summed E-state index contributed by atoms with van der Waals surface area (Å²) < 4.78 is 6.01. The Bertz CT molecular complexity index is 999. The highest BCUT2D eigenvalue weighted by Gasteiger charge is 2.30. The number of aryl methyl sites for hydroxylation is 1. The first-order valence-corrected chi connectivity index (χ1v) is 9.54. The van der Waals surface area contributed by atoms with Crippen LogP contribution in [0, 0.1) is 6.92 Å². The van der Waals surface area contributed by atoms with Gasteiger partial charge in [0, 0.05) is 11.1 Å². The molecule has 28 heavy (non-hydrogen) atoms. The number of carbonyl (C=O) groups is 1. The molecule has 3 rings (SSSR count). The van der Waals surface area contributed by atoms with Crippen LogP contribution in [0.15, 0.2) is 54.6 Å². The van der Waals surface area contributed by atoms with Crippen molar-refractivity contribution in [1.29, 1.82) is 0 Å². The molecule has 0 spiro atoms. The van der Waals surface area contributed by atoms with Gasteiger partial charge in [0.25, 0.3) is 5.91 Å². The van der Waals surface area contributed by atoms with E-state index in [4.69, 9.17) is 4.74 Å².